The van der Waals surface area contributed by atoms with Gasteiger partial charge in [0.05, 0.1) is 5.69 Å². The van der Waals surface area contributed by atoms with E-state index in [4.69, 9.17) is 17.3 Å². The molecular formula is C14H16ClN3O. The molecule has 1 aromatic carbocycles. The van der Waals surface area contributed by atoms with Gasteiger partial charge < -0.3 is 5.73 Å². The summed E-state index contributed by atoms with van der Waals surface area (Å²) in [4.78, 5) is 11.9. The van der Waals surface area contributed by atoms with Crippen molar-refractivity contribution >= 4 is 17.3 Å². The van der Waals surface area contributed by atoms with E-state index in [1.54, 1.807) is 18.2 Å². The Bertz CT molecular complexity index is 632. The van der Waals surface area contributed by atoms with Crippen molar-refractivity contribution in [1.82, 2.24) is 9.78 Å². The molecule has 19 heavy (non-hydrogen) atoms. The summed E-state index contributed by atoms with van der Waals surface area (Å²) < 4.78 is 1.42. The number of anilines is 1. The fraction of sp³-hybridized carbons (Fsp3) is 0.286. The number of nitrogen functional groups attached to an aromatic ring is 1. The molecule has 0 saturated heterocycles. The average Bonchev–Trinajstić information content (AvgIpc) is 2.35. The lowest BCUT2D eigenvalue weighted by Crippen LogP contribution is -2.27. The zero-order valence-corrected chi connectivity index (χ0v) is 11.7. The number of hydrogen-bond donors (Lipinski definition) is 1. The number of rotatable bonds is 3. The van der Waals surface area contributed by atoms with Crippen molar-refractivity contribution in [3.8, 4) is 11.3 Å². The monoisotopic (exact) mass is 277 g/mol. The summed E-state index contributed by atoms with van der Waals surface area (Å²) in [6, 6.07) is 8.88. The van der Waals surface area contributed by atoms with E-state index in [1.807, 2.05) is 26.0 Å². The first kappa shape index (κ1) is 13.6. The Morgan fingerprint density at radius 3 is 2.53 bits per heavy atom. The van der Waals surface area contributed by atoms with Crippen molar-refractivity contribution in [3.05, 3.63) is 45.7 Å². The molecule has 2 rings (SSSR count). The van der Waals surface area contributed by atoms with Gasteiger partial charge in [-0.3, -0.25) is 4.79 Å². The van der Waals surface area contributed by atoms with E-state index in [9.17, 15) is 4.79 Å². The second kappa shape index (κ2) is 5.45. The Morgan fingerprint density at radius 2 is 1.95 bits per heavy atom. The molecule has 2 N–H and O–H groups in total. The predicted molar refractivity (Wildman–Crippen MR) is 78.2 cm³/mol. The van der Waals surface area contributed by atoms with Crippen molar-refractivity contribution in [2.24, 2.45) is 5.92 Å². The van der Waals surface area contributed by atoms with Gasteiger partial charge in [-0.15, -0.1) is 0 Å². The van der Waals surface area contributed by atoms with Crippen LogP contribution >= 0.6 is 11.6 Å². The van der Waals surface area contributed by atoms with Gasteiger partial charge in [0, 0.05) is 17.1 Å². The largest absolute Gasteiger partial charge is 0.394 e. The molecule has 0 fully saturated rings. The molecule has 0 saturated carbocycles. The molecule has 0 bridgehead atoms. The van der Waals surface area contributed by atoms with Crippen molar-refractivity contribution in [2.75, 3.05) is 5.73 Å². The zero-order chi connectivity index (χ0) is 14.0. The first-order valence-electron chi connectivity index (χ1n) is 6.11. The molecule has 0 aliphatic carbocycles. The van der Waals surface area contributed by atoms with Crippen LogP contribution in [0, 0.1) is 5.92 Å². The Kier molecular flexibility index (Phi) is 3.90. The third-order valence-electron chi connectivity index (χ3n) is 2.68. The van der Waals surface area contributed by atoms with Crippen LogP contribution in [0.5, 0.6) is 0 Å². The Labute approximate surface area is 116 Å². The van der Waals surface area contributed by atoms with E-state index in [2.05, 4.69) is 5.10 Å². The van der Waals surface area contributed by atoms with Crippen LogP contribution in [-0.2, 0) is 6.54 Å². The van der Waals surface area contributed by atoms with Crippen molar-refractivity contribution < 1.29 is 0 Å². The molecular weight excluding hydrogens is 262 g/mol. The predicted octanol–water partition coefficient (Wildman–Crippen LogP) is 2.80. The summed E-state index contributed by atoms with van der Waals surface area (Å²) in [7, 11) is 0. The third kappa shape index (κ3) is 3.15. The van der Waals surface area contributed by atoms with Crippen LogP contribution in [-0.4, -0.2) is 9.78 Å². The molecule has 0 unspecified atom stereocenters. The number of halogens is 1. The summed E-state index contributed by atoms with van der Waals surface area (Å²) in [5, 5.41) is 5.01. The molecule has 100 valence electrons. The van der Waals surface area contributed by atoms with Crippen LogP contribution in [0.4, 0.5) is 5.69 Å². The van der Waals surface area contributed by atoms with Crippen molar-refractivity contribution in [1.29, 1.82) is 0 Å². The lowest BCUT2D eigenvalue weighted by molar-refractivity contribution is 0.466. The summed E-state index contributed by atoms with van der Waals surface area (Å²) >= 11 is 5.86. The molecule has 1 heterocycles. The summed E-state index contributed by atoms with van der Waals surface area (Å²) in [5.74, 6) is 0.324. The summed E-state index contributed by atoms with van der Waals surface area (Å²) in [5.41, 5.74) is 7.29. The van der Waals surface area contributed by atoms with Gasteiger partial charge in [0.25, 0.3) is 5.56 Å². The lowest BCUT2D eigenvalue weighted by atomic mass is 10.1. The highest BCUT2D eigenvalue weighted by atomic mass is 35.5. The van der Waals surface area contributed by atoms with E-state index in [1.165, 1.54) is 4.68 Å². The summed E-state index contributed by atoms with van der Waals surface area (Å²) in [6.07, 6.45) is 0. The SMILES string of the molecule is CC(C)Cn1nc(-c2ccc(Cl)cc2)cc(N)c1=O. The number of benzene rings is 1. The highest BCUT2D eigenvalue weighted by Crippen LogP contribution is 2.20. The molecule has 0 atom stereocenters. The first-order chi connectivity index (χ1) is 8.97. The van der Waals surface area contributed by atoms with Crippen LogP contribution in [0.15, 0.2) is 35.1 Å². The second-order valence-corrected chi connectivity index (χ2v) is 5.31. The molecule has 1 aromatic heterocycles. The van der Waals surface area contributed by atoms with Gasteiger partial charge in [0.1, 0.15) is 5.69 Å². The molecule has 0 spiro atoms. The first-order valence-corrected chi connectivity index (χ1v) is 6.48. The van der Waals surface area contributed by atoms with E-state index in [-0.39, 0.29) is 11.2 Å². The maximum atomic E-state index is 11.9. The fourth-order valence-electron chi connectivity index (χ4n) is 1.79. The van der Waals surface area contributed by atoms with E-state index in [0.29, 0.717) is 23.2 Å². The van der Waals surface area contributed by atoms with Crippen LogP contribution in [0.3, 0.4) is 0 Å². The van der Waals surface area contributed by atoms with Crippen LogP contribution in [0.25, 0.3) is 11.3 Å². The van der Waals surface area contributed by atoms with E-state index >= 15 is 0 Å². The maximum absolute atomic E-state index is 11.9. The van der Waals surface area contributed by atoms with Crippen LogP contribution in [0.2, 0.25) is 5.02 Å². The number of hydrogen-bond acceptors (Lipinski definition) is 3. The minimum atomic E-state index is -0.244. The maximum Gasteiger partial charge on any atom is 0.289 e. The Balaban J connectivity index is 2.50. The minimum Gasteiger partial charge on any atom is -0.394 e. The molecule has 2 aromatic rings. The molecule has 0 aliphatic heterocycles. The smallest absolute Gasteiger partial charge is 0.289 e. The van der Waals surface area contributed by atoms with Gasteiger partial charge >= 0.3 is 0 Å². The van der Waals surface area contributed by atoms with Crippen molar-refractivity contribution in [2.45, 2.75) is 20.4 Å². The average molecular weight is 278 g/mol. The highest BCUT2D eigenvalue weighted by molar-refractivity contribution is 6.30. The molecule has 4 nitrogen and oxygen atoms in total. The standard InChI is InChI=1S/C14H16ClN3O/c1-9(2)8-18-14(19)12(16)7-13(17-18)10-3-5-11(15)6-4-10/h3-7,9H,8,16H2,1-2H3. The van der Waals surface area contributed by atoms with Gasteiger partial charge in [-0.05, 0) is 24.1 Å². The highest BCUT2D eigenvalue weighted by Gasteiger charge is 2.09. The number of aromatic nitrogens is 2. The van der Waals surface area contributed by atoms with Crippen LogP contribution < -0.4 is 11.3 Å². The third-order valence-corrected chi connectivity index (χ3v) is 2.93. The lowest BCUT2D eigenvalue weighted by Gasteiger charge is -2.10. The minimum absolute atomic E-state index is 0.209. The number of nitrogens with zero attached hydrogens (tertiary/aromatic N) is 2. The molecule has 0 amide bonds. The van der Waals surface area contributed by atoms with Crippen LogP contribution in [0.1, 0.15) is 13.8 Å². The van der Waals surface area contributed by atoms with Gasteiger partial charge in [-0.25, -0.2) is 4.68 Å². The Hall–Kier alpha value is -1.81. The van der Waals surface area contributed by atoms with Gasteiger partial charge in [-0.2, -0.15) is 5.10 Å². The topological polar surface area (TPSA) is 60.9 Å². The molecule has 0 radical (unpaired) electrons. The van der Waals surface area contributed by atoms with Gasteiger partial charge in [0.15, 0.2) is 0 Å². The van der Waals surface area contributed by atoms with Gasteiger partial charge in [-0.1, -0.05) is 37.6 Å². The normalized spacial score (nSPS) is 10.9. The van der Waals surface area contributed by atoms with E-state index in [0.717, 1.165) is 5.56 Å². The van der Waals surface area contributed by atoms with Crippen molar-refractivity contribution in [3.63, 3.8) is 0 Å². The number of nitrogens with two attached hydrogens (primary N) is 1. The second-order valence-electron chi connectivity index (χ2n) is 4.87. The Morgan fingerprint density at radius 1 is 1.32 bits per heavy atom. The fourth-order valence-corrected chi connectivity index (χ4v) is 1.92. The van der Waals surface area contributed by atoms with Gasteiger partial charge in [0.2, 0.25) is 0 Å². The molecule has 5 heteroatoms. The zero-order valence-electron chi connectivity index (χ0n) is 10.9. The quantitative estimate of drug-likeness (QED) is 0.938. The van der Waals surface area contributed by atoms with E-state index < -0.39 is 0 Å². The molecule has 0 aliphatic rings. The summed E-state index contributed by atoms with van der Waals surface area (Å²) in [6.45, 7) is 4.60.